The molecule has 2 nitrogen and oxygen atoms in total. The highest BCUT2D eigenvalue weighted by atomic mass is 15.0. The summed E-state index contributed by atoms with van der Waals surface area (Å²) in [6.07, 6.45) is 3.56. The van der Waals surface area contributed by atoms with Gasteiger partial charge in [-0.25, -0.2) is 0 Å². The van der Waals surface area contributed by atoms with Crippen LogP contribution >= 0.6 is 0 Å². The summed E-state index contributed by atoms with van der Waals surface area (Å²) in [5.41, 5.74) is 10.8. The minimum atomic E-state index is 0.839. The number of aryl methyl sites for hydroxylation is 3. The molecule has 0 saturated carbocycles. The standard InChI is InChI=1S/C19H22N2/c1-15-13-17-10-11-18(20)14-19(17)21(15)12-6-5-9-16-7-3-2-4-8-16/h2-4,7-8,10-11,13-14H,5-6,9,12,20H2,1H3. The van der Waals surface area contributed by atoms with E-state index >= 15 is 0 Å². The number of nitrogens with two attached hydrogens (primary N) is 1. The summed E-state index contributed by atoms with van der Waals surface area (Å²) in [4.78, 5) is 0. The molecular weight excluding hydrogens is 256 g/mol. The quantitative estimate of drug-likeness (QED) is 0.538. The molecule has 2 aromatic carbocycles. The van der Waals surface area contributed by atoms with E-state index in [1.165, 1.54) is 35.0 Å². The molecule has 21 heavy (non-hydrogen) atoms. The van der Waals surface area contributed by atoms with Crippen LogP contribution in [0.5, 0.6) is 0 Å². The van der Waals surface area contributed by atoms with Crippen molar-refractivity contribution < 1.29 is 0 Å². The Kier molecular flexibility index (Phi) is 3.96. The highest BCUT2D eigenvalue weighted by Crippen LogP contribution is 2.22. The first-order valence-corrected chi connectivity index (χ1v) is 7.63. The topological polar surface area (TPSA) is 30.9 Å². The van der Waals surface area contributed by atoms with Gasteiger partial charge in [-0.15, -0.1) is 0 Å². The number of fused-ring (bicyclic) bond motifs is 1. The van der Waals surface area contributed by atoms with Gasteiger partial charge in [0.2, 0.25) is 0 Å². The van der Waals surface area contributed by atoms with Gasteiger partial charge in [0, 0.05) is 17.9 Å². The van der Waals surface area contributed by atoms with E-state index in [0.29, 0.717) is 0 Å². The van der Waals surface area contributed by atoms with Crippen LogP contribution < -0.4 is 5.73 Å². The Morgan fingerprint density at radius 2 is 1.76 bits per heavy atom. The van der Waals surface area contributed by atoms with Crippen LogP contribution in [0.2, 0.25) is 0 Å². The van der Waals surface area contributed by atoms with Gasteiger partial charge in [-0.1, -0.05) is 36.4 Å². The van der Waals surface area contributed by atoms with Crippen molar-refractivity contribution in [3.63, 3.8) is 0 Å². The molecule has 0 atom stereocenters. The first-order chi connectivity index (χ1) is 10.2. The number of hydrogen-bond donors (Lipinski definition) is 1. The third kappa shape index (κ3) is 3.10. The maximum atomic E-state index is 5.92. The van der Waals surface area contributed by atoms with Crippen LogP contribution in [0, 0.1) is 6.92 Å². The van der Waals surface area contributed by atoms with Crippen LogP contribution in [0.25, 0.3) is 10.9 Å². The molecule has 0 radical (unpaired) electrons. The Balaban J connectivity index is 1.65. The number of nitrogen functional groups attached to an aromatic ring is 1. The number of aromatic nitrogens is 1. The van der Waals surface area contributed by atoms with Crippen LogP contribution in [0.4, 0.5) is 5.69 Å². The second-order valence-electron chi connectivity index (χ2n) is 5.70. The minimum absolute atomic E-state index is 0.839. The van der Waals surface area contributed by atoms with Crippen LogP contribution in [-0.2, 0) is 13.0 Å². The van der Waals surface area contributed by atoms with E-state index in [1.54, 1.807) is 0 Å². The van der Waals surface area contributed by atoms with Crippen molar-refractivity contribution in [1.29, 1.82) is 0 Å². The number of nitrogens with zero attached hydrogens (tertiary/aromatic N) is 1. The van der Waals surface area contributed by atoms with Gasteiger partial charge in [0.25, 0.3) is 0 Å². The SMILES string of the molecule is Cc1cc2ccc(N)cc2n1CCCCc1ccccc1. The van der Waals surface area contributed by atoms with E-state index in [4.69, 9.17) is 5.73 Å². The van der Waals surface area contributed by atoms with Crippen molar-refractivity contribution in [2.75, 3.05) is 5.73 Å². The summed E-state index contributed by atoms with van der Waals surface area (Å²) in [6.45, 7) is 3.24. The first-order valence-electron chi connectivity index (χ1n) is 7.63. The molecule has 3 aromatic rings. The summed E-state index contributed by atoms with van der Waals surface area (Å²) >= 11 is 0. The maximum Gasteiger partial charge on any atom is 0.0503 e. The lowest BCUT2D eigenvalue weighted by atomic mass is 10.1. The summed E-state index contributed by atoms with van der Waals surface area (Å²) in [5.74, 6) is 0. The molecule has 1 aromatic heterocycles. The van der Waals surface area contributed by atoms with E-state index in [2.05, 4.69) is 60.0 Å². The Hall–Kier alpha value is -2.22. The van der Waals surface area contributed by atoms with E-state index < -0.39 is 0 Å². The Labute approximate surface area is 126 Å². The molecule has 3 rings (SSSR count). The lowest BCUT2D eigenvalue weighted by molar-refractivity contribution is 0.614. The number of anilines is 1. The zero-order chi connectivity index (χ0) is 14.7. The third-order valence-corrected chi connectivity index (χ3v) is 4.08. The molecule has 2 heteroatoms. The van der Waals surface area contributed by atoms with Gasteiger partial charge in [0.05, 0.1) is 5.52 Å². The molecular formula is C19H22N2. The number of rotatable bonds is 5. The highest BCUT2D eigenvalue weighted by molar-refractivity contribution is 5.84. The number of unbranched alkanes of at least 4 members (excludes halogenated alkanes) is 1. The second kappa shape index (κ2) is 6.04. The fraction of sp³-hybridized carbons (Fsp3) is 0.263. The molecule has 0 amide bonds. The van der Waals surface area contributed by atoms with E-state index in [0.717, 1.165) is 18.7 Å². The normalized spacial score (nSPS) is 11.1. The predicted octanol–water partition coefficient (Wildman–Crippen LogP) is 4.55. The van der Waals surface area contributed by atoms with Crippen LogP contribution in [0.1, 0.15) is 24.1 Å². The smallest absolute Gasteiger partial charge is 0.0503 e. The van der Waals surface area contributed by atoms with Crippen LogP contribution in [0.15, 0.2) is 54.6 Å². The summed E-state index contributed by atoms with van der Waals surface area (Å²) in [6, 6.07) is 19.1. The zero-order valence-electron chi connectivity index (χ0n) is 12.5. The molecule has 0 unspecified atom stereocenters. The Morgan fingerprint density at radius 1 is 0.952 bits per heavy atom. The van der Waals surface area contributed by atoms with E-state index in [9.17, 15) is 0 Å². The molecule has 0 aliphatic heterocycles. The van der Waals surface area contributed by atoms with Crippen molar-refractivity contribution in [3.8, 4) is 0 Å². The average Bonchev–Trinajstić information content (AvgIpc) is 2.80. The first kappa shape index (κ1) is 13.7. The zero-order valence-corrected chi connectivity index (χ0v) is 12.5. The number of benzene rings is 2. The molecule has 0 fully saturated rings. The van der Waals surface area contributed by atoms with Crippen molar-refractivity contribution in [2.24, 2.45) is 0 Å². The number of hydrogen-bond acceptors (Lipinski definition) is 1. The summed E-state index contributed by atoms with van der Waals surface area (Å²) < 4.78 is 2.39. The monoisotopic (exact) mass is 278 g/mol. The Morgan fingerprint density at radius 3 is 2.57 bits per heavy atom. The molecule has 0 bridgehead atoms. The third-order valence-electron chi connectivity index (χ3n) is 4.08. The second-order valence-corrected chi connectivity index (χ2v) is 5.70. The largest absolute Gasteiger partial charge is 0.399 e. The molecule has 0 saturated heterocycles. The molecule has 0 spiro atoms. The maximum absolute atomic E-state index is 5.92. The van der Waals surface area contributed by atoms with Crippen molar-refractivity contribution >= 4 is 16.6 Å². The summed E-state index contributed by atoms with van der Waals surface area (Å²) in [7, 11) is 0. The van der Waals surface area contributed by atoms with Gasteiger partial charge in [0.15, 0.2) is 0 Å². The van der Waals surface area contributed by atoms with Crippen molar-refractivity contribution in [1.82, 2.24) is 4.57 Å². The molecule has 0 aliphatic carbocycles. The van der Waals surface area contributed by atoms with Crippen molar-refractivity contribution in [2.45, 2.75) is 32.7 Å². The van der Waals surface area contributed by atoms with Gasteiger partial charge in [-0.2, -0.15) is 0 Å². The van der Waals surface area contributed by atoms with Crippen molar-refractivity contribution in [3.05, 3.63) is 65.9 Å². The van der Waals surface area contributed by atoms with E-state index in [1.807, 2.05) is 6.07 Å². The fourth-order valence-electron chi connectivity index (χ4n) is 2.95. The van der Waals surface area contributed by atoms with Gasteiger partial charge in [0.1, 0.15) is 0 Å². The Bertz CT molecular complexity index is 726. The average molecular weight is 278 g/mol. The minimum Gasteiger partial charge on any atom is -0.399 e. The fourth-order valence-corrected chi connectivity index (χ4v) is 2.95. The lowest BCUT2D eigenvalue weighted by Crippen LogP contribution is -2.01. The highest BCUT2D eigenvalue weighted by Gasteiger charge is 2.05. The predicted molar refractivity (Wildman–Crippen MR) is 90.5 cm³/mol. The van der Waals surface area contributed by atoms with Gasteiger partial charge in [-0.05, 0) is 55.3 Å². The van der Waals surface area contributed by atoms with E-state index in [-0.39, 0.29) is 0 Å². The molecule has 108 valence electrons. The van der Waals surface area contributed by atoms with Gasteiger partial charge in [-0.3, -0.25) is 0 Å². The lowest BCUT2D eigenvalue weighted by Gasteiger charge is -2.09. The van der Waals surface area contributed by atoms with Gasteiger partial charge < -0.3 is 10.3 Å². The molecule has 0 aliphatic rings. The molecule has 2 N–H and O–H groups in total. The molecule has 1 heterocycles. The van der Waals surface area contributed by atoms with Gasteiger partial charge >= 0.3 is 0 Å². The summed E-state index contributed by atoms with van der Waals surface area (Å²) in [5, 5.41) is 1.28. The van der Waals surface area contributed by atoms with Crippen LogP contribution in [0.3, 0.4) is 0 Å². The van der Waals surface area contributed by atoms with Crippen LogP contribution in [-0.4, -0.2) is 4.57 Å².